The molecule has 0 atom stereocenters. The average Bonchev–Trinajstić information content (AvgIpc) is 3.15. The molecular weight excluding hydrogens is 404 g/mol. The molecule has 0 saturated heterocycles. The van der Waals surface area contributed by atoms with Crippen molar-refractivity contribution in [2.75, 3.05) is 13.2 Å². The van der Waals surface area contributed by atoms with Crippen molar-refractivity contribution in [1.82, 2.24) is 10.6 Å². The number of ether oxygens (including phenoxy) is 1. The number of hydrogen-bond donors (Lipinski definition) is 2. The summed E-state index contributed by atoms with van der Waals surface area (Å²) in [6, 6.07) is 17.3. The van der Waals surface area contributed by atoms with Gasteiger partial charge in [-0.25, -0.2) is 0 Å². The van der Waals surface area contributed by atoms with Crippen LogP contribution in [0.15, 0.2) is 54.6 Å². The van der Waals surface area contributed by atoms with E-state index in [2.05, 4.69) is 24.5 Å². The molecule has 150 valence electrons. The van der Waals surface area contributed by atoms with E-state index in [9.17, 15) is 9.59 Å². The number of Topliss-reactive ketones (excluding diaryl/α,β-unsaturated/α-hetero) is 1. The fourth-order valence-electron chi connectivity index (χ4n) is 2.65. The van der Waals surface area contributed by atoms with Gasteiger partial charge in [0.05, 0.1) is 11.4 Å². The highest BCUT2D eigenvalue weighted by atomic mass is 32.1. The first-order chi connectivity index (χ1) is 13.9. The highest BCUT2D eigenvalue weighted by molar-refractivity contribution is 7.80. The van der Waals surface area contributed by atoms with Crippen LogP contribution in [-0.2, 0) is 4.79 Å². The van der Waals surface area contributed by atoms with E-state index in [0.29, 0.717) is 16.5 Å². The largest absolute Gasteiger partial charge is 0.486 e. The number of benzene rings is 2. The first-order valence-electron chi connectivity index (χ1n) is 9.24. The maximum atomic E-state index is 12.3. The monoisotopic (exact) mass is 426 g/mol. The molecule has 29 heavy (non-hydrogen) atoms. The fourth-order valence-corrected chi connectivity index (χ4v) is 3.77. The van der Waals surface area contributed by atoms with Crippen molar-refractivity contribution in [2.45, 2.75) is 19.8 Å². The number of amides is 1. The minimum atomic E-state index is -0.294. The molecule has 1 aromatic heterocycles. The Morgan fingerprint density at radius 2 is 1.83 bits per heavy atom. The predicted octanol–water partition coefficient (Wildman–Crippen LogP) is 4.28. The molecule has 0 spiro atoms. The molecule has 3 aromatic rings. The van der Waals surface area contributed by atoms with Crippen LogP contribution >= 0.6 is 23.6 Å². The second-order valence-corrected chi connectivity index (χ2v) is 8.33. The number of thiophene rings is 1. The van der Waals surface area contributed by atoms with Gasteiger partial charge in [0.1, 0.15) is 12.4 Å². The second-order valence-electron chi connectivity index (χ2n) is 6.84. The number of thiocarbonyl (C=S) groups is 1. The molecule has 0 aliphatic heterocycles. The van der Waals surface area contributed by atoms with Gasteiger partial charge in [-0.1, -0.05) is 44.2 Å². The minimum Gasteiger partial charge on any atom is -0.486 e. The van der Waals surface area contributed by atoms with E-state index in [-0.39, 0.29) is 30.0 Å². The summed E-state index contributed by atoms with van der Waals surface area (Å²) in [7, 11) is 0. The zero-order chi connectivity index (χ0) is 20.8. The molecule has 0 fully saturated rings. The van der Waals surface area contributed by atoms with E-state index in [1.54, 1.807) is 0 Å². The van der Waals surface area contributed by atoms with Crippen molar-refractivity contribution in [3.63, 3.8) is 0 Å². The maximum absolute atomic E-state index is 12.3. The molecular formula is C22H22N2O3S2. The normalized spacial score (nSPS) is 10.7. The summed E-state index contributed by atoms with van der Waals surface area (Å²) < 4.78 is 6.53. The first-order valence-corrected chi connectivity index (χ1v) is 10.5. The van der Waals surface area contributed by atoms with Crippen molar-refractivity contribution in [3.05, 3.63) is 65.0 Å². The van der Waals surface area contributed by atoms with E-state index in [1.165, 1.54) is 16.9 Å². The van der Waals surface area contributed by atoms with Crippen LogP contribution in [0, 0.1) is 0 Å². The Bertz CT molecular complexity index is 993. The van der Waals surface area contributed by atoms with Gasteiger partial charge in [0.15, 0.2) is 10.9 Å². The van der Waals surface area contributed by atoms with E-state index >= 15 is 0 Å². The van der Waals surface area contributed by atoms with Gasteiger partial charge in [0.25, 0.3) is 5.91 Å². The summed E-state index contributed by atoms with van der Waals surface area (Å²) in [5.41, 5.74) is 1.21. The predicted molar refractivity (Wildman–Crippen MR) is 121 cm³/mol. The quantitative estimate of drug-likeness (QED) is 0.552. The number of rotatable bonds is 7. The summed E-state index contributed by atoms with van der Waals surface area (Å²) in [4.78, 5) is 24.9. The lowest BCUT2D eigenvalue weighted by Gasteiger charge is -2.10. The van der Waals surface area contributed by atoms with Gasteiger partial charge in [-0.2, -0.15) is 0 Å². The summed E-state index contributed by atoms with van der Waals surface area (Å²) >= 11 is 6.51. The molecule has 2 aromatic carbocycles. The summed E-state index contributed by atoms with van der Waals surface area (Å²) in [5.74, 6) is 0.621. The van der Waals surface area contributed by atoms with Crippen molar-refractivity contribution in [3.8, 4) is 5.75 Å². The van der Waals surface area contributed by atoms with Crippen LogP contribution in [-0.4, -0.2) is 30.0 Å². The minimum absolute atomic E-state index is 0.0182. The standard InChI is InChI=1S/C22H22N2O3S2/c1-14(2)15-7-9-18(10-8-15)27-13-17(25)12-23-22(28)24-21(26)20-11-16-5-3-4-6-19(16)29-20/h3-11,14H,12-13H2,1-2H3,(H2,23,24,26,28). The number of carbonyl (C=O) groups is 2. The highest BCUT2D eigenvalue weighted by Crippen LogP contribution is 2.25. The van der Waals surface area contributed by atoms with Gasteiger partial charge in [0.2, 0.25) is 0 Å². The van der Waals surface area contributed by atoms with Gasteiger partial charge in [-0.3, -0.25) is 14.9 Å². The number of ketones is 1. The third-order valence-electron chi connectivity index (χ3n) is 4.27. The maximum Gasteiger partial charge on any atom is 0.267 e. The van der Waals surface area contributed by atoms with Crippen LogP contribution in [0.2, 0.25) is 0 Å². The van der Waals surface area contributed by atoms with E-state index < -0.39 is 0 Å². The average molecular weight is 427 g/mol. The Balaban J connectivity index is 1.42. The van der Waals surface area contributed by atoms with E-state index in [1.807, 2.05) is 54.6 Å². The molecule has 0 radical (unpaired) electrons. The molecule has 0 unspecified atom stereocenters. The van der Waals surface area contributed by atoms with Crippen molar-refractivity contribution < 1.29 is 14.3 Å². The lowest BCUT2D eigenvalue weighted by atomic mass is 10.0. The van der Waals surface area contributed by atoms with Gasteiger partial charge in [-0.15, -0.1) is 11.3 Å². The van der Waals surface area contributed by atoms with E-state index in [0.717, 1.165) is 10.1 Å². The van der Waals surface area contributed by atoms with Crippen molar-refractivity contribution in [2.24, 2.45) is 0 Å². The molecule has 5 nitrogen and oxygen atoms in total. The van der Waals surface area contributed by atoms with Crippen molar-refractivity contribution in [1.29, 1.82) is 0 Å². The topological polar surface area (TPSA) is 67.4 Å². The lowest BCUT2D eigenvalue weighted by molar-refractivity contribution is -0.119. The zero-order valence-electron chi connectivity index (χ0n) is 16.2. The Morgan fingerprint density at radius 1 is 1.10 bits per heavy atom. The van der Waals surface area contributed by atoms with Crippen LogP contribution in [0.5, 0.6) is 5.75 Å². The molecule has 0 saturated carbocycles. The highest BCUT2D eigenvalue weighted by Gasteiger charge is 2.12. The molecule has 2 N–H and O–H groups in total. The van der Waals surface area contributed by atoms with Crippen molar-refractivity contribution >= 4 is 50.4 Å². The molecule has 0 bridgehead atoms. The van der Waals surface area contributed by atoms with Gasteiger partial charge >= 0.3 is 0 Å². The zero-order valence-corrected chi connectivity index (χ0v) is 17.9. The number of carbonyl (C=O) groups excluding carboxylic acids is 2. The number of fused-ring (bicyclic) bond motifs is 1. The Morgan fingerprint density at radius 3 is 2.52 bits per heavy atom. The molecule has 0 aliphatic rings. The summed E-state index contributed by atoms with van der Waals surface area (Å²) in [5, 5.41) is 6.48. The van der Waals surface area contributed by atoms with Gasteiger partial charge in [0, 0.05) is 4.70 Å². The van der Waals surface area contributed by atoms with Gasteiger partial charge in [-0.05, 0) is 53.4 Å². The molecule has 1 heterocycles. The Kier molecular flexibility index (Phi) is 6.95. The van der Waals surface area contributed by atoms with Crippen LogP contribution in [0.25, 0.3) is 10.1 Å². The van der Waals surface area contributed by atoms with Crippen LogP contribution in [0.3, 0.4) is 0 Å². The van der Waals surface area contributed by atoms with Crippen LogP contribution in [0.1, 0.15) is 35.0 Å². The molecule has 3 rings (SSSR count). The number of hydrogen-bond acceptors (Lipinski definition) is 5. The first kappa shape index (κ1) is 21.0. The van der Waals surface area contributed by atoms with Crippen LogP contribution < -0.4 is 15.4 Å². The SMILES string of the molecule is CC(C)c1ccc(OCC(=O)CNC(=S)NC(=O)c2cc3ccccc3s2)cc1. The number of nitrogens with one attached hydrogen (secondary N) is 2. The molecule has 1 amide bonds. The Hall–Kier alpha value is -2.77. The van der Waals surface area contributed by atoms with Gasteiger partial charge < -0.3 is 10.1 Å². The summed E-state index contributed by atoms with van der Waals surface area (Å²) in [6.07, 6.45) is 0. The lowest BCUT2D eigenvalue weighted by Crippen LogP contribution is -2.42. The third kappa shape index (κ3) is 5.85. The van der Waals surface area contributed by atoms with E-state index in [4.69, 9.17) is 17.0 Å². The smallest absolute Gasteiger partial charge is 0.267 e. The fraction of sp³-hybridized carbons (Fsp3) is 0.227. The van der Waals surface area contributed by atoms with Crippen LogP contribution in [0.4, 0.5) is 0 Å². The summed E-state index contributed by atoms with van der Waals surface area (Å²) in [6.45, 7) is 4.15. The molecule has 0 aliphatic carbocycles. The second kappa shape index (κ2) is 9.62. The third-order valence-corrected chi connectivity index (χ3v) is 5.63. The molecule has 7 heteroatoms. The Labute approximate surface area is 179 Å².